The molecule has 6 nitrogen and oxygen atoms in total. The molecule has 0 saturated carbocycles. The van der Waals surface area contributed by atoms with Crippen molar-refractivity contribution < 1.29 is 23.8 Å². The van der Waals surface area contributed by atoms with Gasteiger partial charge in [-0.25, -0.2) is 4.79 Å². The van der Waals surface area contributed by atoms with E-state index in [2.05, 4.69) is 15.9 Å². The number of esters is 1. The van der Waals surface area contributed by atoms with Gasteiger partial charge in [0.25, 0.3) is 5.91 Å². The van der Waals surface area contributed by atoms with Crippen LogP contribution in [0.1, 0.15) is 17.3 Å². The summed E-state index contributed by atoms with van der Waals surface area (Å²) in [5.41, 5.74) is 0.241. The average Bonchev–Trinajstić information content (AvgIpc) is 2.46. The summed E-state index contributed by atoms with van der Waals surface area (Å²) in [4.78, 5) is 25.2. The van der Waals surface area contributed by atoms with Gasteiger partial charge in [-0.2, -0.15) is 0 Å². The van der Waals surface area contributed by atoms with Gasteiger partial charge in [0.1, 0.15) is 16.0 Å². The van der Waals surface area contributed by atoms with Crippen LogP contribution in [0.15, 0.2) is 16.6 Å². The van der Waals surface area contributed by atoms with Crippen LogP contribution in [0.3, 0.4) is 0 Å². The molecule has 0 aliphatic heterocycles. The largest absolute Gasteiger partial charge is 0.495 e. The molecule has 21 heavy (non-hydrogen) atoms. The zero-order chi connectivity index (χ0) is 16.2. The summed E-state index contributed by atoms with van der Waals surface area (Å²) in [5.74, 6) is -0.0398. The molecular weight excluding hydrogens is 342 g/mol. The number of benzene rings is 1. The first-order chi connectivity index (χ1) is 9.81. The first-order valence-electron chi connectivity index (χ1n) is 6.15. The first kappa shape index (κ1) is 17.3. The molecule has 1 aromatic rings. The minimum atomic E-state index is -0.867. The standard InChI is InChI=1S/C14H18BrNO5/c1-8(13(17)16(2)3)21-14(18)9-6-10(19-4)12(15)11(7-9)20-5/h6-8H,1-5H3/t8-/m1/s1. The molecule has 116 valence electrons. The second-order valence-electron chi connectivity index (χ2n) is 4.47. The molecule has 0 aromatic heterocycles. The molecular formula is C14H18BrNO5. The maximum absolute atomic E-state index is 12.1. The lowest BCUT2D eigenvalue weighted by Crippen LogP contribution is -2.34. The fraction of sp³-hybridized carbons (Fsp3) is 0.429. The van der Waals surface area contributed by atoms with Gasteiger partial charge in [-0.15, -0.1) is 0 Å². The molecule has 0 bridgehead atoms. The molecule has 0 unspecified atom stereocenters. The van der Waals surface area contributed by atoms with Crippen LogP contribution in [0.25, 0.3) is 0 Å². The lowest BCUT2D eigenvalue weighted by atomic mass is 10.2. The van der Waals surface area contributed by atoms with Gasteiger partial charge in [-0.3, -0.25) is 4.79 Å². The maximum Gasteiger partial charge on any atom is 0.339 e. The highest BCUT2D eigenvalue weighted by Crippen LogP contribution is 2.35. The summed E-state index contributed by atoms with van der Waals surface area (Å²) in [5, 5.41) is 0. The Morgan fingerprint density at radius 1 is 1.14 bits per heavy atom. The van der Waals surface area contributed by atoms with Gasteiger partial charge in [0.05, 0.1) is 19.8 Å². The van der Waals surface area contributed by atoms with Crippen molar-refractivity contribution >= 4 is 27.8 Å². The van der Waals surface area contributed by atoms with Crippen LogP contribution in [0, 0.1) is 0 Å². The van der Waals surface area contributed by atoms with E-state index in [0.717, 1.165) is 0 Å². The molecule has 7 heteroatoms. The van der Waals surface area contributed by atoms with Crippen molar-refractivity contribution in [1.29, 1.82) is 0 Å². The second-order valence-corrected chi connectivity index (χ2v) is 5.27. The highest BCUT2D eigenvalue weighted by molar-refractivity contribution is 9.10. The number of likely N-dealkylation sites (N-methyl/N-ethyl adjacent to an activating group) is 1. The van der Waals surface area contributed by atoms with Gasteiger partial charge in [0, 0.05) is 14.1 Å². The Balaban J connectivity index is 3.00. The fourth-order valence-electron chi connectivity index (χ4n) is 1.63. The number of hydrogen-bond donors (Lipinski definition) is 0. The molecule has 0 saturated heterocycles. The van der Waals surface area contributed by atoms with Crippen molar-refractivity contribution in [1.82, 2.24) is 4.90 Å². The van der Waals surface area contributed by atoms with E-state index in [1.165, 1.54) is 38.2 Å². The number of halogens is 1. The van der Waals surface area contributed by atoms with E-state index in [1.807, 2.05) is 0 Å². The molecule has 0 fully saturated rings. The Morgan fingerprint density at radius 2 is 1.62 bits per heavy atom. The Labute approximate surface area is 132 Å². The van der Waals surface area contributed by atoms with Crippen molar-refractivity contribution in [3.8, 4) is 11.5 Å². The molecule has 0 heterocycles. The third-order valence-electron chi connectivity index (χ3n) is 2.75. The molecule has 0 aliphatic rings. The van der Waals surface area contributed by atoms with E-state index in [9.17, 15) is 9.59 Å². The van der Waals surface area contributed by atoms with Crippen LogP contribution < -0.4 is 9.47 Å². The Kier molecular flexibility index (Phi) is 6.02. The van der Waals surface area contributed by atoms with Crippen LogP contribution in [0.2, 0.25) is 0 Å². The topological polar surface area (TPSA) is 65.1 Å². The van der Waals surface area contributed by atoms with E-state index in [1.54, 1.807) is 14.1 Å². The molecule has 0 aliphatic carbocycles. The molecule has 0 N–H and O–H groups in total. The predicted octanol–water partition coefficient (Wildman–Crippen LogP) is 2.10. The average molecular weight is 360 g/mol. The Bertz CT molecular complexity index is 519. The first-order valence-corrected chi connectivity index (χ1v) is 6.94. The minimum absolute atomic E-state index is 0.241. The number of amides is 1. The lowest BCUT2D eigenvalue weighted by Gasteiger charge is -2.18. The molecule has 1 aromatic carbocycles. The van der Waals surface area contributed by atoms with Crippen molar-refractivity contribution in [3.63, 3.8) is 0 Å². The maximum atomic E-state index is 12.1. The van der Waals surface area contributed by atoms with Gasteiger partial charge < -0.3 is 19.1 Å². The van der Waals surface area contributed by atoms with Crippen LogP contribution in [-0.2, 0) is 9.53 Å². The van der Waals surface area contributed by atoms with E-state index >= 15 is 0 Å². The monoisotopic (exact) mass is 359 g/mol. The zero-order valence-electron chi connectivity index (χ0n) is 12.6. The number of rotatable bonds is 5. The minimum Gasteiger partial charge on any atom is -0.495 e. The Morgan fingerprint density at radius 3 is 2.00 bits per heavy atom. The molecule has 0 radical (unpaired) electrons. The third kappa shape index (κ3) is 4.10. The summed E-state index contributed by atoms with van der Waals surface area (Å²) in [6, 6.07) is 3.03. The fourth-order valence-corrected chi connectivity index (χ4v) is 2.18. The number of ether oxygens (including phenoxy) is 3. The van der Waals surface area contributed by atoms with Gasteiger partial charge in [-0.05, 0) is 35.0 Å². The summed E-state index contributed by atoms with van der Waals surface area (Å²) < 4.78 is 16.1. The molecule has 0 spiro atoms. The lowest BCUT2D eigenvalue weighted by molar-refractivity contribution is -0.137. The van der Waals surface area contributed by atoms with Crippen LogP contribution >= 0.6 is 15.9 Å². The van der Waals surface area contributed by atoms with Crippen molar-refractivity contribution in [2.24, 2.45) is 0 Å². The number of carbonyl (C=O) groups excluding carboxylic acids is 2. The van der Waals surface area contributed by atoms with Crippen LogP contribution in [-0.4, -0.2) is 51.2 Å². The van der Waals surface area contributed by atoms with Crippen molar-refractivity contribution in [2.45, 2.75) is 13.0 Å². The molecule has 1 atom stereocenters. The van der Waals surface area contributed by atoms with Crippen molar-refractivity contribution in [3.05, 3.63) is 22.2 Å². The van der Waals surface area contributed by atoms with Gasteiger partial charge in [-0.1, -0.05) is 0 Å². The quantitative estimate of drug-likeness (QED) is 0.753. The number of methoxy groups -OCH3 is 2. The zero-order valence-corrected chi connectivity index (χ0v) is 14.2. The van der Waals surface area contributed by atoms with E-state index in [-0.39, 0.29) is 11.5 Å². The van der Waals surface area contributed by atoms with E-state index in [0.29, 0.717) is 16.0 Å². The third-order valence-corrected chi connectivity index (χ3v) is 3.54. The SMILES string of the molecule is COc1cc(C(=O)O[C@H](C)C(=O)N(C)C)cc(OC)c1Br. The number of nitrogens with zero attached hydrogens (tertiary/aromatic N) is 1. The molecule has 1 amide bonds. The Hall–Kier alpha value is -1.76. The summed E-state index contributed by atoms with van der Waals surface area (Å²) in [6.07, 6.45) is -0.867. The van der Waals surface area contributed by atoms with Crippen molar-refractivity contribution in [2.75, 3.05) is 28.3 Å². The molecule has 1 rings (SSSR count). The van der Waals surface area contributed by atoms with Crippen LogP contribution in [0.4, 0.5) is 0 Å². The van der Waals surface area contributed by atoms with Gasteiger partial charge >= 0.3 is 5.97 Å². The highest BCUT2D eigenvalue weighted by atomic mass is 79.9. The van der Waals surface area contributed by atoms with Gasteiger partial charge in [0.2, 0.25) is 0 Å². The summed E-state index contributed by atoms with van der Waals surface area (Å²) >= 11 is 3.32. The van der Waals surface area contributed by atoms with E-state index in [4.69, 9.17) is 14.2 Å². The normalized spacial score (nSPS) is 11.5. The van der Waals surface area contributed by atoms with Crippen LogP contribution in [0.5, 0.6) is 11.5 Å². The number of carbonyl (C=O) groups is 2. The van der Waals surface area contributed by atoms with E-state index < -0.39 is 12.1 Å². The summed E-state index contributed by atoms with van der Waals surface area (Å²) in [6.45, 7) is 1.52. The number of hydrogen-bond acceptors (Lipinski definition) is 5. The smallest absolute Gasteiger partial charge is 0.339 e. The van der Waals surface area contributed by atoms with Gasteiger partial charge in [0.15, 0.2) is 6.10 Å². The second kappa shape index (κ2) is 7.31. The highest BCUT2D eigenvalue weighted by Gasteiger charge is 2.22. The summed E-state index contributed by atoms with van der Waals surface area (Å²) in [7, 11) is 6.15. The predicted molar refractivity (Wildman–Crippen MR) is 80.8 cm³/mol.